The molecule has 0 spiro atoms. The zero-order chi connectivity index (χ0) is 12.2. The van der Waals surface area contributed by atoms with Gasteiger partial charge in [0, 0.05) is 0 Å². The van der Waals surface area contributed by atoms with Gasteiger partial charge in [-0.3, -0.25) is 14.1 Å². The van der Waals surface area contributed by atoms with Gasteiger partial charge in [-0.1, -0.05) is 6.08 Å². The minimum Gasteiger partial charge on any atom is -0.481 e. The van der Waals surface area contributed by atoms with Crippen LogP contribution in [0.5, 0.6) is 0 Å². The maximum absolute atomic E-state index is 10.7. The molecule has 0 heterocycles. The Morgan fingerprint density at radius 3 is 1.93 bits per heavy atom. The molecule has 0 radical (unpaired) electrons. The number of hydrogen-bond donors (Lipinski definition) is 3. The van der Waals surface area contributed by atoms with Crippen LogP contribution >= 0.6 is 0 Å². The molecule has 3 N–H and O–H groups in total. The minimum atomic E-state index is -4.96. The minimum absolute atomic E-state index is 0.369. The van der Waals surface area contributed by atoms with Gasteiger partial charge in [0.05, 0.1) is 5.92 Å². The zero-order valence-electron chi connectivity index (χ0n) is 7.53. The molecule has 0 aromatic rings. The first-order valence-corrected chi connectivity index (χ1v) is 5.25. The lowest BCUT2D eigenvalue weighted by atomic mass is 10.0. The van der Waals surface area contributed by atoms with Crippen molar-refractivity contribution >= 4 is 22.1 Å². The number of carboxylic acids is 2. The Kier molecular flexibility index (Phi) is 4.43. The van der Waals surface area contributed by atoms with Crippen LogP contribution in [0.15, 0.2) is 12.7 Å². The van der Waals surface area contributed by atoms with Crippen LogP contribution < -0.4 is 0 Å². The summed E-state index contributed by atoms with van der Waals surface area (Å²) in [4.78, 5) is 21.1. The molecule has 2 atom stereocenters. The third-order valence-electron chi connectivity index (χ3n) is 1.67. The summed E-state index contributed by atoms with van der Waals surface area (Å²) in [5, 5.41) is 14.7. The van der Waals surface area contributed by atoms with E-state index in [2.05, 4.69) is 6.58 Å². The standard InChI is InChI=1S/C7H10O7S/c1-2-3-4(6(8)9)5(7(10)11)15(12,13)14/h2,4-5H,1,3H2,(H,8,9)(H,10,11)(H,12,13,14). The molecule has 0 bridgehead atoms. The predicted octanol–water partition coefficient (Wildman–Crippen LogP) is -0.396. The molecule has 8 heteroatoms. The van der Waals surface area contributed by atoms with Gasteiger partial charge in [0.2, 0.25) is 0 Å². The number of carbonyl (C=O) groups is 2. The first-order valence-electron chi connectivity index (χ1n) is 3.74. The van der Waals surface area contributed by atoms with Crippen LogP contribution in [0.2, 0.25) is 0 Å². The molecule has 0 aliphatic heterocycles. The lowest BCUT2D eigenvalue weighted by Gasteiger charge is -2.15. The highest BCUT2D eigenvalue weighted by molar-refractivity contribution is 7.87. The average Bonchev–Trinajstić information content (AvgIpc) is 1.99. The van der Waals surface area contributed by atoms with Gasteiger partial charge in [-0.15, -0.1) is 6.58 Å². The predicted molar refractivity (Wildman–Crippen MR) is 48.9 cm³/mol. The topological polar surface area (TPSA) is 129 Å². The first kappa shape index (κ1) is 13.6. The molecule has 0 rings (SSSR count). The van der Waals surface area contributed by atoms with Crippen LogP contribution in [0.3, 0.4) is 0 Å². The summed E-state index contributed by atoms with van der Waals surface area (Å²) in [7, 11) is -4.96. The van der Waals surface area contributed by atoms with E-state index in [-0.39, 0.29) is 6.42 Å². The van der Waals surface area contributed by atoms with Crippen molar-refractivity contribution in [3.05, 3.63) is 12.7 Å². The van der Waals surface area contributed by atoms with E-state index in [1.807, 2.05) is 0 Å². The second-order valence-corrected chi connectivity index (χ2v) is 4.28. The monoisotopic (exact) mass is 238 g/mol. The SMILES string of the molecule is C=CCC(C(=O)O)C(C(=O)O)S(=O)(=O)O. The van der Waals surface area contributed by atoms with Crippen LogP contribution in [0.4, 0.5) is 0 Å². The molecule has 2 unspecified atom stereocenters. The Bertz CT molecular complexity index is 369. The summed E-state index contributed by atoms with van der Waals surface area (Å²) < 4.78 is 29.9. The van der Waals surface area contributed by atoms with Gasteiger partial charge in [0.15, 0.2) is 5.25 Å². The van der Waals surface area contributed by atoms with Gasteiger partial charge in [-0.25, -0.2) is 0 Å². The highest BCUT2D eigenvalue weighted by Crippen LogP contribution is 2.17. The summed E-state index contributed by atoms with van der Waals surface area (Å²) in [6.07, 6.45) is 0.700. The number of rotatable bonds is 6. The van der Waals surface area contributed by atoms with Crippen molar-refractivity contribution < 1.29 is 32.8 Å². The van der Waals surface area contributed by atoms with Crippen molar-refractivity contribution in [1.29, 1.82) is 0 Å². The second kappa shape index (κ2) is 4.89. The molecule has 0 amide bonds. The summed E-state index contributed by atoms with van der Waals surface area (Å²) in [5.41, 5.74) is 0. The van der Waals surface area contributed by atoms with Crippen LogP contribution in [0.1, 0.15) is 6.42 Å². The quantitative estimate of drug-likeness (QED) is 0.424. The van der Waals surface area contributed by atoms with E-state index in [0.717, 1.165) is 6.08 Å². The van der Waals surface area contributed by atoms with E-state index in [4.69, 9.17) is 14.8 Å². The van der Waals surface area contributed by atoms with Crippen molar-refractivity contribution in [2.24, 2.45) is 5.92 Å². The smallest absolute Gasteiger partial charge is 0.325 e. The van der Waals surface area contributed by atoms with E-state index in [1.54, 1.807) is 0 Å². The van der Waals surface area contributed by atoms with Crippen molar-refractivity contribution in [1.82, 2.24) is 0 Å². The van der Waals surface area contributed by atoms with E-state index in [1.165, 1.54) is 0 Å². The molecule has 0 aromatic heterocycles. The Morgan fingerprint density at radius 1 is 1.27 bits per heavy atom. The van der Waals surface area contributed by atoms with Crippen molar-refractivity contribution in [2.75, 3.05) is 0 Å². The lowest BCUT2D eigenvalue weighted by Crippen LogP contribution is -2.40. The van der Waals surface area contributed by atoms with E-state index >= 15 is 0 Å². The fraction of sp³-hybridized carbons (Fsp3) is 0.429. The molecule has 15 heavy (non-hydrogen) atoms. The van der Waals surface area contributed by atoms with Gasteiger partial charge in [0.25, 0.3) is 10.1 Å². The van der Waals surface area contributed by atoms with Crippen LogP contribution in [0.25, 0.3) is 0 Å². The second-order valence-electron chi connectivity index (χ2n) is 2.74. The fourth-order valence-corrected chi connectivity index (χ4v) is 1.94. The van der Waals surface area contributed by atoms with E-state index < -0.39 is 33.2 Å². The van der Waals surface area contributed by atoms with E-state index in [9.17, 15) is 18.0 Å². The van der Waals surface area contributed by atoms with Crippen molar-refractivity contribution in [3.8, 4) is 0 Å². The highest BCUT2D eigenvalue weighted by atomic mass is 32.2. The molecule has 0 saturated carbocycles. The van der Waals surface area contributed by atoms with Gasteiger partial charge in [0.1, 0.15) is 0 Å². The molecular weight excluding hydrogens is 228 g/mol. The van der Waals surface area contributed by atoms with Gasteiger partial charge < -0.3 is 10.2 Å². The lowest BCUT2D eigenvalue weighted by molar-refractivity contribution is -0.147. The number of carboxylic acid groups (broad SMARTS) is 2. The van der Waals surface area contributed by atoms with Gasteiger partial charge in [-0.05, 0) is 6.42 Å². The van der Waals surface area contributed by atoms with Crippen LogP contribution in [-0.4, -0.2) is 40.4 Å². The Morgan fingerprint density at radius 2 is 1.73 bits per heavy atom. The normalized spacial score (nSPS) is 15.3. The molecule has 0 saturated heterocycles. The first-order chi connectivity index (χ1) is 6.71. The fourth-order valence-electron chi connectivity index (χ4n) is 1.04. The molecular formula is C7H10O7S. The molecule has 7 nitrogen and oxygen atoms in total. The highest BCUT2D eigenvalue weighted by Gasteiger charge is 2.42. The Hall–Kier alpha value is -1.41. The Balaban J connectivity index is 5.29. The van der Waals surface area contributed by atoms with Crippen molar-refractivity contribution in [2.45, 2.75) is 11.7 Å². The third kappa shape index (κ3) is 3.68. The summed E-state index contributed by atoms with van der Waals surface area (Å²) in [5.74, 6) is -5.29. The van der Waals surface area contributed by atoms with E-state index in [0.29, 0.717) is 0 Å². The summed E-state index contributed by atoms with van der Waals surface area (Å²) in [6.45, 7) is 3.17. The maximum Gasteiger partial charge on any atom is 0.325 e. The zero-order valence-corrected chi connectivity index (χ0v) is 8.35. The Labute approximate surface area is 85.8 Å². The van der Waals surface area contributed by atoms with Gasteiger partial charge >= 0.3 is 11.9 Å². The number of allylic oxidation sites excluding steroid dienone is 1. The maximum atomic E-state index is 10.7. The van der Waals surface area contributed by atoms with Gasteiger partial charge in [-0.2, -0.15) is 8.42 Å². The molecule has 86 valence electrons. The molecule has 0 aliphatic rings. The third-order valence-corrected chi connectivity index (χ3v) is 2.84. The summed E-state index contributed by atoms with van der Waals surface area (Å²) >= 11 is 0. The summed E-state index contributed by atoms with van der Waals surface area (Å²) in [6, 6.07) is 0. The molecule has 0 fully saturated rings. The van der Waals surface area contributed by atoms with Crippen LogP contribution in [0, 0.1) is 5.92 Å². The average molecular weight is 238 g/mol. The number of hydrogen-bond acceptors (Lipinski definition) is 4. The molecule has 0 aromatic carbocycles. The van der Waals surface area contributed by atoms with Crippen LogP contribution in [-0.2, 0) is 19.7 Å². The largest absolute Gasteiger partial charge is 0.481 e. The van der Waals surface area contributed by atoms with Crippen molar-refractivity contribution in [3.63, 3.8) is 0 Å². The molecule has 0 aliphatic carbocycles. The number of aliphatic carboxylic acids is 2.